The van der Waals surface area contributed by atoms with Crippen molar-refractivity contribution in [1.29, 1.82) is 0 Å². The van der Waals surface area contributed by atoms with Crippen LogP contribution in [0.25, 0.3) is 0 Å². The van der Waals surface area contributed by atoms with Gasteiger partial charge in [0, 0.05) is 50.3 Å². The molecule has 0 N–H and O–H groups in total. The Morgan fingerprint density at radius 1 is 1.33 bits per heavy atom. The highest BCUT2D eigenvalue weighted by Gasteiger charge is 2.32. The van der Waals surface area contributed by atoms with Gasteiger partial charge in [-0.3, -0.25) is 14.6 Å². The van der Waals surface area contributed by atoms with Crippen LogP contribution in [-0.2, 0) is 13.6 Å². The van der Waals surface area contributed by atoms with Crippen molar-refractivity contribution in [2.45, 2.75) is 25.4 Å². The van der Waals surface area contributed by atoms with E-state index in [4.69, 9.17) is 11.6 Å². The quantitative estimate of drug-likeness (QED) is 0.833. The normalized spacial score (nSPS) is 22.2. The van der Waals surface area contributed by atoms with Crippen LogP contribution in [0.3, 0.4) is 0 Å². The second-order valence-electron chi connectivity index (χ2n) is 6.94. The van der Waals surface area contributed by atoms with Crippen molar-refractivity contribution >= 4 is 11.6 Å². The van der Waals surface area contributed by atoms with Crippen molar-refractivity contribution in [3.8, 4) is 0 Å². The Labute approximate surface area is 149 Å². The Balaban J connectivity index is 1.70. The number of rotatable bonds is 5. The largest absolute Gasteiger partial charge is 0.302 e. The van der Waals surface area contributed by atoms with Gasteiger partial charge in [0.1, 0.15) is 0 Å². The van der Waals surface area contributed by atoms with Crippen LogP contribution >= 0.6 is 11.6 Å². The van der Waals surface area contributed by atoms with Gasteiger partial charge in [-0.05, 0) is 51.0 Å². The maximum atomic E-state index is 6.25. The lowest BCUT2D eigenvalue weighted by atomic mass is 9.85. The Hall–Kier alpha value is -1.43. The summed E-state index contributed by atoms with van der Waals surface area (Å²) in [7, 11) is 6.38. The van der Waals surface area contributed by atoms with Gasteiger partial charge in [0.2, 0.25) is 0 Å². The summed E-state index contributed by atoms with van der Waals surface area (Å²) in [6.07, 6.45) is 10.2. The van der Waals surface area contributed by atoms with Crippen LogP contribution in [0.4, 0.5) is 0 Å². The molecule has 2 atom stereocenters. The van der Waals surface area contributed by atoms with E-state index in [9.17, 15) is 0 Å². The summed E-state index contributed by atoms with van der Waals surface area (Å²) in [5, 5.41) is 5.12. The van der Waals surface area contributed by atoms with Gasteiger partial charge in [-0.2, -0.15) is 5.10 Å². The van der Waals surface area contributed by atoms with Gasteiger partial charge in [0.25, 0.3) is 0 Å². The minimum Gasteiger partial charge on any atom is -0.302 e. The first-order valence-electron chi connectivity index (χ1n) is 8.50. The summed E-state index contributed by atoms with van der Waals surface area (Å²) in [6.45, 7) is 3.04. The van der Waals surface area contributed by atoms with Crippen molar-refractivity contribution in [3.63, 3.8) is 0 Å². The molecule has 6 heteroatoms. The third-order valence-corrected chi connectivity index (χ3v) is 5.26. The van der Waals surface area contributed by atoms with Crippen LogP contribution in [0.15, 0.2) is 30.9 Å². The Morgan fingerprint density at radius 3 is 2.88 bits per heavy atom. The lowest BCUT2D eigenvalue weighted by molar-refractivity contribution is 0.0926. The van der Waals surface area contributed by atoms with Crippen molar-refractivity contribution < 1.29 is 0 Å². The van der Waals surface area contributed by atoms with Crippen LogP contribution in [0.5, 0.6) is 0 Å². The van der Waals surface area contributed by atoms with Gasteiger partial charge in [0.05, 0.1) is 11.2 Å². The number of hydrogen-bond donors (Lipinski definition) is 0. The molecule has 1 aliphatic heterocycles. The summed E-state index contributed by atoms with van der Waals surface area (Å²) < 4.78 is 1.90. The molecule has 1 fully saturated rings. The molecule has 0 radical (unpaired) electrons. The fourth-order valence-corrected chi connectivity index (χ4v) is 4.04. The zero-order valence-corrected chi connectivity index (χ0v) is 15.4. The van der Waals surface area contributed by atoms with E-state index in [2.05, 4.69) is 40.2 Å². The molecule has 0 unspecified atom stereocenters. The maximum absolute atomic E-state index is 6.25. The second-order valence-corrected chi connectivity index (χ2v) is 7.35. The van der Waals surface area contributed by atoms with Crippen molar-refractivity contribution in [2.24, 2.45) is 13.0 Å². The number of pyridine rings is 1. The van der Waals surface area contributed by atoms with Crippen molar-refractivity contribution in [1.82, 2.24) is 24.6 Å². The minimum absolute atomic E-state index is 0.433. The molecule has 2 aromatic rings. The molecule has 24 heavy (non-hydrogen) atoms. The summed E-state index contributed by atoms with van der Waals surface area (Å²) in [6, 6.07) is 2.44. The van der Waals surface area contributed by atoms with E-state index in [0.717, 1.165) is 30.2 Å². The van der Waals surface area contributed by atoms with E-state index in [1.54, 1.807) is 6.20 Å². The highest BCUT2D eigenvalue weighted by atomic mass is 35.5. The predicted molar refractivity (Wildman–Crippen MR) is 96.9 cm³/mol. The Bertz CT molecular complexity index is 671. The standard InChI is InChI=1S/C18H26ClN5/c1-22(11-14-6-7-20-10-17(14)19)12-15-5-4-8-23(2)18(15)16-9-21-24(3)13-16/h6-7,9-10,13,15,18H,4-5,8,11-12H2,1-3H3/t15-,18+/m0/s1. The van der Waals surface area contributed by atoms with Gasteiger partial charge < -0.3 is 4.90 Å². The summed E-state index contributed by atoms with van der Waals surface area (Å²) in [5.41, 5.74) is 2.45. The molecule has 0 aliphatic carbocycles. The average Bonchev–Trinajstić information content (AvgIpc) is 2.96. The molecule has 0 spiro atoms. The first-order chi connectivity index (χ1) is 11.5. The molecule has 3 rings (SSSR count). The predicted octanol–water partition coefficient (Wildman–Crippen LogP) is 2.98. The first kappa shape index (κ1) is 17.4. The minimum atomic E-state index is 0.433. The first-order valence-corrected chi connectivity index (χ1v) is 8.88. The molecule has 2 aromatic heterocycles. The fraction of sp³-hybridized carbons (Fsp3) is 0.556. The molecule has 0 bridgehead atoms. The van der Waals surface area contributed by atoms with E-state index in [1.807, 2.05) is 30.2 Å². The van der Waals surface area contributed by atoms with Crippen LogP contribution in [0.1, 0.15) is 30.0 Å². The highest BCUT2D eigenvalue weighted by Crippen LogP contribution is 2.35. The number of aryl methyl sites for hydroxylation is 1. The molecule has 3 heterocycles. The van der Waals surface area contributed by atoms with E-state index in [0.29, 0.717) is 12.0 Å². The monoisotopic (exact) mass is 347 g/mol. The van der Waals surface area contributed by atoms with Gasteiger partial charge in [0.15, 0.2) is 0 Å². The van der Waals surface area contributed by atoms with Crippen molar-refractivity contribution in [2.75, 3.05) is 27.2 Å². The fourth-order valence-electron chi connectivity index (χ4n) is 3.86. The molecule has 130 valence electrons. The number of aromatic nitrogens is 3. The second kappa shape index (κ2) is 7.64. The number of halogens is 1. The molecular weight excluding hydrogens is 322 g/mol. The molecule has 1 saturated heterocycles. The molecule has 0 aromatic carbocycles. The van der Waals surface area contributed by atoms with E-state index >= 15 is 0 Å². The average molecular weight is 348 g/mol. The van der Waals surface area contributed by atoms with Gasteiger partial charge in [-0.25, -0.2) is 0 Å². The summed E-state index contributed by atoms with van der Waals surface area (Å²) in [4.78, 5) is 8.91. The van der Waals surface area contributed by atoms with Gasteiger partial charge >= 0.3 is 0 Å². The number of hydrogen-bond acceptors (Lipinski definition) is 4. The Morgan fingerprint density at radius 2 is 2.17 bits per heavy atom. The van der Waals surface area contributed by atoms with E-state index in [1.165, 1.54) is 18.4 Å². The lowest BCUT2D eigenvalue weighted by Crippen LogP contribution is -2.40. The molecule has 0 amide bonds. The van der Waals surface area contributed by atoms with Gasteiger partial charge in [-0.1, -0.05) is 11.6 Å². The van der Waals surface area contributed by atoms with E-state index in [-0.39, 0.29) is 0 Å². The Kier molecular flexibility index (Phi) is 5.54. The third kappa shape index (κ3) is 3.97. The molecular formula is C18H26ClN5. The SMILES string of the molecule is CN(Cc1ccncc1Cl)C[C@@H]1CCCN(C)[C@H]1c1cnn(C)c1. The third-order valence-electron chi connectivity index (χ3n) is 4.92. The summed E-state index contributed by atoms with van der Waals surface area (Å²) in [5.74, 6) is 0.596. The topological polar surface area (TPSA) is 37.2 Å². The molecule has 5 nitrogen and oxygen atoms in total. The number of likely N-dealkylation sites (tertiary alicyclic amines) is 1. The highest BCUT2D eigenvalue weighted by molar-refractivity contribution is 6.31. The molecule has 1 aliphatic rings. The van der Waals surface area contributed by atoms with Crippen LogP contribution in [0, 0.1) is 5.92 Å². The maximum Gasteiger partial charge on any atom is 0.0634 e. The number of nitrogens with zero attached hydrogens (tertiary/aromatic N) is 5. The lowest BCUT2D eigenvalue weighted by Gasteiger charge is -2.40. The van der Waals surface area contributed by atoms with Gasteiger partial charge in [-0.15, -0.1) is 0 Å². The van der Waals surface area contributed by atoms with Crippen LogP contribution in [-0.4, -0.2) is 51.7 Å². The van der Waals surface area contributed by atoms with Crippen LogP contribution < -0.4 is 0 Å². The number of piperidine rings is 1. The zero-order chi connectivity index (χ0) is 17.1. The zero-order valence-electron chi connectivity index (χ0n) is 14.7. The van der Waals surface area contributed by atoms with Crippen LogP contribution in [0.2, 0.25) is 5.02 Å². The molecule has 0 saturated carbocycles. The smallest absolute Gasteiger partial charge is 0.0634 e. The van der Waals surface area contributed by atoms with Crippen molar-refractivity contribution in [3.05, 3.63) is 47.0 Å². The summed E-state index contributed by atoms with van der Waals surface area (Å²) >= 11 is 6.25. The van der Waals surface area contributed by atoms with E-state index < -0.39 is 0 Å².